The zero-order valence-corrected chi connectivity index (χ0v) is 20.7. The van der Waals surface area contributed by atoms with Crippen molar-refractivity contribution in [2.24, 2.45) is 0 Å². The zero-order chi connectivity index (χ0) is 24.7. The SMILES string of the molecule is Cc1ccc(-n2c(SCc3ccccc3)nnc2C(Cc2ccccc2)NC(=O)c2ccco2)cc1. The maximum absolute atomic E-state index is 13.0. The lowest BCUT2D eigenvalue weighted by molar-refractivity contribution is 0.0906. The van der Waals surface area contributed by atoms with Crippen molar-refractivity contribution in [3.05, 3.63) is 132 Å². The molecular formula is C29H26N4O2S. The second kappa shape index (κ2) is 11.1. The molecule has 3 aromatic carbocycles. The molecule has 0 aliphatic heterocycles. The van der Waals surface area contributed by atoms with E-state index < -0.39 is 6.04 Å². The minimum Gasteiger partial charge on any atom is -0.459 e. The number of thioether (sulfide) groups is 1. The second-order valence-corrected chi connectivity index (χ2v) is 9.42. The minimum atomic E-state index is -0.426. The summed E-state index contributed by atoms with van der Waals surface area (Å²) < 4.78 is 7.39. The Morgan fingerprint density at radius 3 is 2.25 bits per heavy atom. The molecule has 1 unspecified atom stereocenters. The Morgan fingerprint density at radius 1 is 0.889 bits per heavy atom. The van der Waals surface area contributed by atoms with Gasteiger partial charge in [-0.25, -0.2) is 0 Å². The molecule has 5 aromatic rings. The average Bonchev–Trinajstić information content (AvgIpc) is 3.60. The molecule has 0 saturated heterocycles. The lowest BCUT2D eigenvalue weighted by atomic mass is 10.0. The van der Waals surface area contributed by atoms with E-state index in [0.717, 1.165) is 22.2 Å². The summed E-state index contributed by atoms with van der Waals surface area (Å²) in [7, 11) is 0. The third-order valence-electron chi connectivity index (χ3n) is 5.81. The number of amides is 1. The first-order valence-electron chi connectivity index (χ1n) is 11.7. The largest absolute Gasteiger partial charge is 0.459 e. The molecule has 0 bridgehead atoms. The normalized spacial score (nSPS) is 11.8. The summed E-state index contributed by atoms with van der Waals surface area (Å²) in [5.41, 5.74) is 4.40. The molecule has 1 atom stereocenters. The number of hydrogen-bond donors (Lipinski definition) is 1. The highest BCUT2D eigenvalue weighted by molar-refractivity contribution is 7.98. The van der Waals surface area contributed by atoms with Gasteiger partial charge in [-0.3, -0.25) is 9.36 Å². The molecule has 6 nitrogen and oxygen atoms in total. The third kappa shape index (κ3) is 5.58. The Morgan fingerprint density at radius 2 is 1.58 bits per heavy atom. The van der Waals surface area contributed by atoms with Crippen LogP contribution in [0.15, 0.2) is 113 Å². The van der Waals surface area contributed by atoms with Crippen LogP contribution in [0.3, 0.4) is 0 Å². The summed E-state index contributed by atoms with van der Waals surface area (Å²) >= 11 is 1.62. The van der Waals surface area contributed by atoms with E-state index in [1.54, 1.807) is 23.9 Å². The van der Waals surface area contributed by atoms with Gasteiger partial charge >= 0.3 is 0 Å². The van der Waals surface area contributed by atoms with E-state index in [1.165, 1.54) is 17.4 Å². The number of carbonyl (C=O) groups excluding carboxylic acids is 1. The van der Waals surface area contributed by atoms with E-state index >= 15 is 0 Å². The lowest BCUT2D eigenvalue weighted by Gasteiger charge is -2.20. The molecule has 1 N–H and O–H groups in total. The van der Waals surface area contributed by atoms with E-state index in [1.807, 2.05) is 53.1 Å². The van der Waals surface area contributed by atoms with Crippen LogP contribution < -0.4 is 5.32 Å². The van der Waals surface area contributed by atoms with Crippen molar-refractivity contribution in [3.8, 4) is 5.69 Å². The predicted molar refractivity (Wildman–Crippen MR) is 141 cm³/mol. The minimum absolute atomic E-state index is 0.258. The predicted octanol–water partition coefficient (Wildman–Crippen LogP) is 6.17. The van der Waals surface area contributed by atoms with Gasteiger partial charge in [0.05, 0.1) is 12.3 Å². The highest BCUT2D eigenvalue weighted by atomic mass is 32.2. The van der Waals surface area contributed by atoms with Gasteiger partial charge < -0.3 is 9.73 Å². The number of nitrogens with one attached hydrogen (secondary N) is 1. The topological polar surface area (TPSA) is 73.0 Å². The molecule has 0 spiro atoms. The Labute approximate surface area is 214 Å². The summed E-state index contributed by atoms with van der Waals surface area (Å²) in [5, 5.41) is 13.1. The van der Waals surface area contributed by atoms with Gasteiger partial charge in [0.25, 0.3) is 5.91 Å². The molecule has 2 heterocycles. The maximum Gasteiger partial charge on any atom is 0.287 e. The van der Waals surface area contributed by atoms with Crippen molar-refractivity contribution in [1.29, 1.82) is 0 Å². The van der Waals surface area contributed by atoms with Crippen LogP contribution in [0, 0.1) is 6.92 Å². The van der Waals surface area contributed by atoms with Crippen LogP contribution in [0.2, 0.25) is 0 Å². The van der Waals surface area contributed by atoms with Gasteiger partial charge in [-0.05, 0) is 48.7 Å². The molecular weight excluding hydrogens is 468 g/mol. The van der Waals surface area contributed by atoms with Crippen LogP contribution >= 0.6 is 11.8 Å². The standard InChI is InChI=1S/C29H26N4O2S/c1-21-14-16-24(17-15-21)33-27(31-32-29(33)36-20-23-11-6-3-7-12-23)25(19-22-9-4-2-5-10-22)30-28(34)26-13-8-18-35-26/h2-18,25H,19-20H2,1H3,(H,30,34). The smallest absolute Gasteiger partial charge is 0.287 e. The number of carbonyl (C=O) groups is 1. The van der Waals surface area contributed by atoms with Crippen LogP contribution in [0.1, 0.15) is 39.1 Å². The number of rotatable bonds is 9. The van der Waals surface area contributed by atoms with Crippen molar-refractivity contribution in [2.75, 3.05) is 0 Å². The Kier molecular flexibility index (Phi) is 7.28. The highest BCUT2D eigenvalue weighted by Crippen LogP contribution is 2.29. The molecule has 2 aromatic heterocycles. The Balaban J connectivity index is 1.53. The summed E-state index contributed by atoms with van der Waals surface area (Å²) in [6.07, 6.45) is 2.05. The fraction of sp³-hybridized carbons (Fsp3) is 0.138. The van der Waals surface area contributed by atoms with Crippen LogP contribution in [0.5, 0.6) is 0 Å². The molecule has 0 fully saturated rings. The molecule has 36 heavy (non-hydrogen) atoms. The van der Waals surface area contributed by atoms with E-state index in [2.05, 4.69) is 58.8 Å². The van der Waals surface area contributed by atoms with E-state index in [4.69, 9.17) is 4.42 Å². The number of nitrogens with zero attached hydrogens (tertiary/aromatic N) is 3. The first kappa shape index (κ1) is 23.6. The van der Waals surface area contributed by atoms with Gasteiger partial charge in [-0.1, -0.05) is 90.1 Å². The van der Waals surface area contributed by atoms with Crippen molar-refractivity contribution in [3.63, 3.8) is 0 Å². The average molecular weight is 495 g/mol. The fourth-order valence-corrected chi connectivity index (χ4v) is 4.87. The number of furan rings is 1. The first-order valence-corrected chi connectivity index (χ1v) is 12.7. The van der Waals surface area contributed by atoms with Gasteiger partial charge in [0, 0.05) is 11.4 Å². The van der Waals surface area contributed by atoms with E-state index in [0.29, 0.717) is 12.2 Å². The molecule has 0 aliphatic rings. The van der Waals surface area contributed by atoms with Gasteiger partial charge in [0.1, 0.15) is 0 Å². The lowest BCUT2D eigenvalue weighted by Crippen LogP contribution is -2.31. The van der Waals surface area contributed by atoms with Crippen LogP contribution in [-0.4, -0.2) is 20.7 Å². The van der Waals surface area contributed by atoms with E-state index in [-0.39, 0.29) is 11.7 Å². The highest BCUT2D eigenvalue weighted by Gasteiger charge is 2.26. The molecule has 1 amide bonds. The molecule has 0 radical (unpaired) electrons. The number of benzene rings is 3. The first-order chi connectivity index (χ1) is 17.7. The zero-order valence-electron chi connectivity index (χ0n) is 19.9. The quantitative estimate of drug-likeness (QED) is 0.248. The fourth-order valence-electron chi connectivity index (χ4n) is 3.95. The molecule has 0 aliphatic carbocycles. The van der Waals surface area contributed by atoms with Crippen molar-refractivity contribution < 1.29 is 9.21 Å². The molecule has 5 rings (SSSR count). The summed E-state index contributed by atoms with van der Waals surface area (Å²) in [6, 6.07) is 31.5. The Bertz CT molecular complexity index is 1400. The summed E-state index contributed by atoms with van der Waals surface area (Å²) in [6.45, 7) is 2.06. The van der Waals surface area contributed by atoms with Crippen molar-refractivity contribution >= 4 is 17.7 Å². The molecule has 180 valence electrons. The second-order valence-electron chi connectivity index (χ2n) is 8.48. The van der Waals surface area contributed by atoms with Gasteiger partial charge in [-0.2, -0.15) is 0 Å². The summed E-state index contributed by atoms with van der Waals surface area (Å²) in [4.78, 5) is 13.0. The number of aryl methyl sites for hydroxylation is 1. The third-order valence-corrected chi connectivity index (χ3v) is 6.81. The number of aromatic nitrogens is 3. The van der Waals surface area contributed by atoms with Gasteiger partial charge in [0.2, 0.25) is 0 Å². The molecule has 0 saturated carbocycles. The molecule has 7 heteroatoms. The monoisotopic (exact) mass is 494 g/mol. The maximum atomic E-state index is 13.0. The van der Waals surface area contributed by atoms with Crippen LogP contribution in [0.25, 0.3) is 5.69 Å². The Hall–Kier alpha value is -4.10. The van der Waals surface area contributed by atoms with Crippen molar-refractivity contribution in [1.82, 2.24) is 20.1 Å². The van der Waals surface area contributed by atoms with E-state index in [9.17, 15) is 4.79 Å². The summed E-state index contributed by atoms with van der Waals surface area (Å²) in [5.74, 6) is 1.39. The van der Waals surface area contributed by atoms with Gasteiger partial charge in [0.15, 0.2) is 16.7 Å². The number of hydrogen-bond acceptors (Lipinski definition) is 5. The van der Waals surface area contributed by atoms with Crippen molar-refractivity contribution in [2.45, 2.75) is 30.3 Å². The van der Waals surface area contributed by atoms with Crippen LogP contribution in [0.4, 0.5) is 0 Å². The van der Waals surface area contributed by atoms with Crippen LogP contribution in [-0.2, 0) is 12.2 Å². The van der Waals surface area contributed by atoms with Gasteiger partial charge in [-0.15, -0.1) is 10.2 Å².